The summed E-state index contributed by atoms with van der Waals surface area (Å²) in [4.78, 5) is 19.0. The second-order valence-corrected chi connectivity index (χ2v) is 7.07. The van der Waals surface area contributed by atoms with Gasteiger partial charge in [0.2, 0.25) is 5.91 Å². The summed E-state index contributed by atoms with van der Waals surface area (Å²) in [5.74, 6) is 1.42. The standard InChI is InChI=1S/C16H24N2O2S/c1-2-12-3-5-13(6-4-12)16(19)18-8-9-20-14(11-18)15-17-7-10-21-15/h7,10,12-14H,2-6,8-9,11H2,1H3. The number of hydrogen-bond acceptors (Lipinski definition) is 4. The number of carbonyl (C=O) groups excluding carboxylic acids is 1. The van der Waals surface area contributed by atoms with Gasteiger partial charge in [-0.15, -0.1) is 11.3 Å². The molecule has 0 bridgehead atoms. The topological polar surface area (TPSA) is 42.4 Å². The van der Waals surface area contributed by atoms with E-state index < -0.39 is 0 Å². The summed E-state index contributed by atoms with van der Waals surface area (Å²) in [6.07, 6.45) is 7.59. The van der Waals surface area contributed by atoms with Crippen LogP contribution in [0.3, 0.4) is 0 Å². The minimum atomic E-state index is -0.0327. The zero-order chi connectivity index (χ0) is 14.7. The molecule has 2 heterocycles. The van der Waals surface area contributed by atoms with E-state index in [-0.39, 0.29) is 12.0 Å². The van der Waals surface area contributed by atoms with E-state index in [0.29, 0.717) is 19.1 Å². The van der Waals surface area contributed by atoms with Gasteiger partial charge in [0.15, 0.2) is 0 Å². The molecule has 21 heavy (non-hydrogen) atoms. The van der Waals surface area contributed by atoms with Crippen molar-refractivity contribution in [3.8, 4) is 0 Å². The fourth-order valence-electron chi connectivity index (χ4n) is 3.47. The van der Waals surface area contributed by atoms with Gasteiger partial charge >= 0.3 is 0 Å². The van der Waals surface area contributed by atoms with Crippen molar-refractivity contribution in [2.45, 2.75) is 45.1 Å². The van der Waals surface area contributed by atoms with E-state index in [9.17, 15) is 4.79 Å². The van der Waals surface area contributed by atoms with Crippen LogP contribution in [0.5, 0.6) is 0 Å². The van der Waals surface area contributed by atoms with Gasteiger partial charge in [-0.1, -0.05) is 13.3 Å². The van der Waals surface area contributed by atoms with Crippen LogP contribution in [0.2, 0.25) is 0 Å². The Morgan fingerprint density at radius 1 is 1.43 bits per heavy atom. The van der Waals surface area contributed by atoms with Gasteiger partial charge in [-0.25, -0.2) is 4.98 Å². The molecular weight excluding hydrogens is 284 g/mol. The molecule has 1 saturated heterocycles. The number of carbonyl (C=O) groups is 1. The van der Waals surface area contributed by atoms with Gasteiger partial charge in [0.1, 0.15) is 11.1 Å². The van der Waals surface area contributed by atoms with Crippen LogP contribution >= 0.6 is 11.3 Å². The first-order valence-corrected chi connectivity index (χ1v) is 8.95. The van der Waals surface area contributed by atoms with Crippen LogP contribution in [0, 0.1) is 11.8 Å². The van der Waals surface area contributed by atoms with E-state index in [1.165, 1.54) is 19.3 Å². The lowest BCUT2D eigenvalue weighted by Gasteiger charge is -2.36. The largest absolute Gasteiger partial charge is 0.367 e. The molecule has 116 valence electrons. The van der Waals surface area contributed by atoms with Crippen LogP contribution in [0.4, 0.5) is 0 Å². The van der Waals surface area contributed by atoms with Crippen molar-refractivity contribution in [1.82, 2.24) is 9.88 Å². The van der Waals surface area contributed by atoms with E-state index in [1.54, 1.807) is 17.5 Å². The summed E-state index contributed by atoms with van der Waals surface area (Å²) in [6, 6.07) is 0. The predicted molar refractivity (Wildman–Crippen MR) is 83.1 cm³/mol. The summed E-state index contributed by atoms with van der Waals surface area (Å²) in [5.41, 5.74) is 0. The van der Waals surface area contributed by atoms with Crippen LogP contribution < -0.4 is 0 Å². The first kappa shape index (κ1) is 15.0. The number of hydrogen-bond donors (Lipinski definition) is 0. The van der Waals surface area contributed by atoms with Crippen molar-refractivity contribution in [3.05, 3.63) is 16.6 Å². The number of amides is 1. The highest BCUT2D eigenvalue weighted by molar-refractivity contribution is 7.09. The lowest BCUT2D eigenvalue weighted by Crippen LogP contribution is -2.45. The Morgan fingerprint density at radius 2 is 2.24 bits per heavy atom. The van der Waals surface area contributed by atoms with E-state index in [1.807, 2.05) is 10.3 Å². The van der Waals surface area contributed by atoms with Gasteiger partial charge in [0.05, 0.1) is 13.2 Å². The summed E-state index contributed by atoms with van der Waals surface area (Å²) in [6.45, 7) is 4.28. The molecule has 5 heteroatoms. The molecule has 1 aromatic heterocycles. The number of ether oxygens (including phenoxy) is 1. The first-order chi connectivity index (χ1) is 10.3. The third-order valence-corrected chi connectivity index (χ3v) is 5.75. The number of rotatable bonds is 3. The molecule has 1 unspecified atom stereocenters. The fourth-order valence-corrected chi connectivity index (χ4v) is 4.15. The average Bonchev–Trinajstić information content (AvgIpc) is 3.09. The van der Waals surface area contributed by atoms with E-state index in [2.05, 4.69) is 11.9 Å². The molecule has 1 amide bonds. The maximum Gasteiger partial charge on any atom is 0.225 e. The summed E-state index contributed by atoms with van der Waals surface area (Å²) < 4.78 is 5.78. The molecule has 1 aliphatic carbocycles. The minimum absolute atomic E-state index is 0.0327. The molecule has 0 N–H and O–H groups in total. The Balaban J connectivity index is 1.57. The maximum absolute atomic E-state index is 12.7. The van der Waals surface area contributed by atoms with Crippen LogP contribution in [-0.2, 0) is 9.53 Å². The molecule has 0 radical (unpaired) electrons. The Kier molecular flexibility index (Phi) is 4.91. The summed E-state index contributed by atoms with van der Waals surface area (Å²) >= 11 is 1.61. The number of thiazole rings is 1. The molecule has 1 atom stereocenters. The Bertz CT molecular complexity index is 455. The average molecular weight is 308 g/mol. The SMILES string of the molecule is CCC1CCC(C(=O)N2CCOC(c3nccs3)C2)CC1. The van der Waals surface area contributed by atoms with Crippen molar-refractivity contribution in [1.29, 1.82) is 0 Å². The van der Waals surface area contributed by atoms with Crippen LogP contribution in [0.25, 0.3) is 0 Å². The normalized spacial score (nSPS) is 30.3. The molecule has 1 saturated carbocycles. The molecule has 0 aromatic carbocycles. The third-order valence-electron chi connectivity index (χ3n) is 4.88. The molecule has 2 fully saturated rings. The second kappa shape index (κ2) is 6.88. The zero-order valence-corrected chi connectivity index (χ0v) is 13.5. The van der Waals surface area contributed by atoms with Crippen LogP contribution in [-0.4, -0.2) is 35.5 Å². The van der Waals surface area contributed by atoms with Gasteiger partial charge in [-0.2, -0.15) is 0 Å². The summed E-state index contributed by atoms with van der Waals surface area (Å²) in [5, 5.41) is 2.95. The lowest BCUT2D eigenvalue weighted by atomic mass is 9.80. The Morgan fingerprint density at radius 3 is 2.90 bits per heavy atom. The van der Waals surface area contributed by atoms with E-state index in [4.69, 9.17) is 4.74 Å². The third kappa shape index (κ3) is 3.46. The van der Waals surface area contributed by atoms with Crippen molar-refractivity contribution >= 4 is 17.2 Å². The number of morpholine rings is 1. The minimum Gasteiger partial charge on any atom is -0.367 e. The molecule has 1 aromatic rings. The first-order valence-electron chi connectivity index (χ1n) is 8.07. The zero-order valence-electron chi connectivity index (χ0n) is 12.7. The quantitative estimate of drug-likeness (QED) is 0.861. The van der Waals surface area contributed by atoms with Crippen LogP contribution in [0.1, 0.15) is 50.1 Å². The smallest absolute Gasteiger partial charge is 0.225 e. The molecule has 1 aliphatic heterocycles. The van der Waals surface area contributed by atoms with Gasteiger partial charge in [0, 0.05) is 24.0 Å². The van der Waals surface area contributed by atoms with Gasteiger partial charge in [0.25, 0.3) is 0 Å². The fraction of sp³-hybridized carbons (Fsp3) is 0.750. The van der Waals surface area contributed by atoms with Crippen molar-refractivity contribution in [2.75, 3.05) is 19.7 Å². The Labute approximate surface area is 130 Å². The highest BCUT2D eigenvalue weighted by atomic mass is 32.1. The Hall–Kier alpha value is -0.940. The number of aromatic nitrogens is 1. The summed E-state index contributed by atoms with van der Waals surface area (Å²) in [7, 11) is 0. The molecule has 4 nitrogen and oxygen atoms in total. The number of nitrogens with zero attached hydrogens (tertiary/aromatic N) is 2. The predicted octanol–water partition coefficient (Wildman–Crippen LogP) is 3.26. The highest BCUT2D eigenvalue weighted by Gasteiger charge is 2.32. The van der Waals surface area contributed by atoms with Crippen molar-refractivity contribution in [2.24, 2.45) is 11.8 Å². The molecule has 0 spiro atoms. The molecule has 3 rings (SSSR count). The van der Waals surface area contributed by atoms with Crippen molar-refractivity contribution in [3.63, 3.8) is 0 Å². The maximum atomic E-state index is 12.7. The van der Waals surface area contributed by atoms with Gasteiger partial charge < -0.3 is 9.64 Å². The second-order valence-electron chi connectivity index (χ2n) is 6.14. The van der Waals surface area contributed by atoms with Gasteiger partial charge in [-0.05, 0) is 31.6 Å². The molecular formula is C16H24N2O2S. The molecule has 2 aliphatic rings. The van der Waals surface area contributed by atoms with E-state index >= 15 is 0 Å². The van der Waals surface area contributed by atoms with Gasteiger partial charge in [-0.3, -0.25) is 4.79 Å². The van der Waals surface area contributed by atoms with Crippen molar-refractivity contribution < 1.29 is 9.53 Å². The lowest BCUT2D eigenvalue weighted by molar-refractivity contribution is -0.144. The van der Waals surface area contributed by atoms with Crippen LogP contribution in [0.15, 0.2) is 11.6 Å². The van der Waals surface area contributed by atoms with E-state index in [0.717, 1.165) is 30.3 Å². The monoisotopic (exact) mass is 308 g/mol. The highest BCUT2D eigenvalue weighted by Crippen LogP contribution is 2.33.